The van der Waals surface area contributed by atoms with E-state index in [2.05, 4.69) is 83.4 Å². The monoisotopic (exact) mass is 517 g/mol. The average molecular weight is 518 g/mol. The fourth-order valence-corrected chi connectivity index (χ4v) is 7.66. The maximum Gasteiger partial charge on any atom is 0.235 e. The van der Waals surface area contributed by atoms with Crippen LogP contribution in [0.5, 0.6) is 0 Å². The van der Waals surface area contributed by atoms with Crippen molar-refractivity contribution in [1.82, 2.24) is 14.5 Å². The molecule has 0 N–H and O–H groups in total. The number of rotatable bonds is 2. The maximum atomic E-state index is 6.79. The summed E-state index contributed by atoms with van der Waals surface area (Å²) >= 11 is 0. The minimum atomic E-state index is 0.630. The van der Waals surface area contributed by atoms with Crippen LogP contribution in [0.2, 0.25) is 0 Å². The third-order valence-electron chi connectivity index (χ3n) is 10.0. The second-order valence-corrected chi connectivity index (χ2v) is 12.0. The highest BCUT2D eigenvalue weighted by Gasteiger charge is 2.36. The van der Waals surface area contributed by atoms with Gasteiger partial charge in [-0.15, -0.1) is 0 Å². The number of aromatic nitrogens is 3. The first-order chi connectivity index (χ1) is 19.8. The summed E-state index contributed by atoms with van der Waals surface area (Å²) in [6.45, 7) is 0. The van der Waals surface area contributed by atoms with E-state index in [0.29, 0.717) is 11.8 Å². The van der Waals surface area contributed by atoms with Crippen LogP contribution in [0.25, 0.3) is 62.1 Å². The minimum Gasteiger partial charge on any atom is -0.460 e. The topological polar surface area (TPSA) is 43.9 Å². The zero-order valence-electron chi connectivity index (χ0n) is 22.2. The van der Waals surface area contributed by atoms with Gasteiger partial charge in [-0.05, 0) is 62.1 Å². The molecule has 40 heavy (non-hydrogen) atoms. The quantitative estimate of drug-likeness (QED) is 0.231. The molecule has 3 aromatic carbocycles. The zero-order chi connectivity index (χ0) is 25.9. The zero-order valence-corrected chi connectivity index (χ0v) is 22.2. The van der Waals surface area contributed by atoms with E-state index in [1.54, 1.807) is 11.1 Å². The Morgan fingerprint density at radius 1 is 0.725 bits per heavy atom. The summed E-state index contributed by atoms with van der Waals surface area (Å²) in [5.41, 5.74) is 12.4. The summed E-state index contributed by atoms with van der Waals surface area (Å²) in [6.07, 6.45) is 12.0. The van der Waals surface area contributed by atoms with Crippen LogP contribution < -0.4 is 0 Å². The molecule has 4 aliphatic rings. The molecule has 0 bridgehead atoms. The van der Waals surface area contributed by atoms with E-state index in [4.69, 9.17) is 14.4 Å². The molecule has 4 nitrogen and oxygen atoms in total. The highest BCUT2D eigenvalue weighted by atomic mass is 16.3. The third-order valence-corrected chi connectivity index (χ3v) is 10.0. The Labute approximate surface area is 231 Å². The number of hydrogen-bond acceptors (Lipinski definition) is 3. The highest BCUT2D eigenvalue weighted by molar-refractivity contribution is 6.12. The van der Waals surface area contributed by atoms with Gasteiger partial charge in [0.2, 0.25) is 5.95 Å². The Hall–Kier alpha value is -4.44. The van der Waals surface area contributed by atoms with E-state index in [1.165, 1.54) is 53.3 Å². The van der Waals surface area contributed by atoms with E-state index in [1.807, 2.05) is 0 Å². The first-order valence-electron chi connectivity index (χ1n) is 14.7. The molecule has 0 saturated heterocycles. The van der Waals surface area contributed by atoms with Crippen molar-refractivity contribution in [3.63, 3.8) is 0 Å². The molecule has 0 aliphatic heterocycles. The van der Waals surface area contributed by atoms with Crippen LogP contribution in [0, 0.1) is 11.8 Å². The molecule has 2 atom stereocenters. The molecular formula is C36H27N3O. The molecule has 0 radical (unpaired) electrons. The summed E-state index contributed by atoms with van der Waals surface area (Å²) < 4.78 is 9.13. The van der Waals surface area contributed by atoms with Gasteiger partial charge in [0.25, 0.3) is 0 Å². The van der Waals surface area contributed by atoms with Gasteiger partial charge in [0.1, 0.15) is 11.3 Å². The first kappa shape index (κ1) is 21.4. The van der Waals surface area contributed by atoms with E-state index in [9.17, 15) is 0 Å². The van der Waals surface area contributed by atoms with Crippen molar-refractivity contribution in [3.8, 4) is 17.2 Å². The minimum absolute atomic E-state index is 0.630. The number of benzene rings is 3. The molecule has 4 aliphatic carbocycles. The average Bonchev–Trinajstić information content (AvgIpc) is 3.49. The van der Waals surface area contributed by atoms with E-state index < -0.39 is 0 Å². The van der Waals surface area contributed by atoms with E-state index in [-0.39, 0.29) is 0 Å². The summed E-state index contributed by atoms with van der Waals surface area (Å²) in [6, 6.07) is 23.5. The van der Waals surface area contributed by atoms with Crippen LogP contribution in [-0.4, -0.2) is 14.5 Å². The molecule has 6 aromatic rings. The van der Waals surface area contributed by atoms with Crippen LogP contribution in [0.15, 0.2) is 82.3 Å². The molecule has 3 aromatic heterocycles. The lowest BCUT2D eigenvalue weighted by atomic mass is 9.72. The van der Waals surface area contributed by atoms with E-state index >= 15 is 0 Å². The standard InChI is InChI=1S/C36H27N3O/c1-2-6-20(7-3-1)34-26-8-4-5-9-29(26)37-36(38-34)39-30-15-14-25-27-16-21-11-13-24(21)19-32(27)40-35(25)33(30)28-17-22-10-12-23(22)18-31(28)39/h1-9,14-17,23-24H,10-13,18-19H2. The van der Waals surface area contributed by atoms with Crippen molar-refractivity contribution in [2.24, 2.45) is 11.8 Å². The fourth-order valence-electron chi connectivity index (χ4n) is 7.66. The van der Waals surface area contributed by atoms with Gasteiger partial charge in [-0.3, -0.25) is 4.57 Å². The van der Waals surface area contributed by atoms with Crippen molar-refractivity contribution in [2.45, 2.75) is 38.5 Å². The number of allylic oxidation sites excluding steroid dienone is 2. The Morgan fingerprint density at radius 3 is 2.33 bits per heavy atom. The smallest absolute Gasteiger partial charge is 0.235 e. The van der Waals surface area contributed by atoms with Crippen LogP contribution in [0.4, 0.5) is 0 Å². The van der Waals surface area contributed by atoms with Gasteiger partial charge in [0, 0.05) is 39.6 Å². The third kappa shape index (κ3) is 2.76. The largest absolute Gasteiger partial charge is 0.460 e. The lowest BCUT2D eigenvalue weighted by Crippen LogP contribution is -2.23. The van der Waals surface area contributed by atoms with E-state index in [0.717, 1.165) is 57.8 Å². The predicted molar refractivity (Wildman–Crippen MR) is 160 cm³/mol. The van der Waals surface area contributed by atoms with Crippen molar-refractivity contribution >= 4 is 44.9 Å². The van der Waals surface area contributed by atoms with Gasteiger partial charge in [0.15, 0.2) is 0 Å². The van der Waals surface area contributed by atoms with Crippen LogP contribution >= 0.6 is 0 Å². The lowest BCUT2D eigenvalue weighted by molar-refractivity contribution is 0.399. The Bertz CT molecular complexity index is 2120. The van der Waals surface area contributed by atoms with Gasteiger partial charge >= 0.3 is 0 Å². The second kappa shape index (κ2) is 7.60. The number of nitrogens with zero attached hydrogens (tertiary/aromatic N) is 3. The summed E-state index contributed by atoms with van der Waals surface area (Å²) in [4.78, 5) is 10.5. The summed E-state index contributed by atoms with van der Waals surface area (Å²) in [5.74, 6) is 3.22. The molecule has 2 saturated carbocycles. The van der Waals surface area contributed by atoms with Crippen molar-refractivity contribution < 1.29 is 4.42 Å². The molecule has 0 amide bonds. The molecule has 0 spiro atoms. The molecule has 192 valence electrons. The lowest BCUT2D eigenvalue weighted by Gasteiger charge is -2.33. The van der Waals surface area contributed by atoms with Gasteiger partial charge in [-0.25, -0.2) is 9.97 Å². The SMILES string of the molecule is C1=C2CCC2Cc2oc3c(ccc4c3c3c(n4-c4nc(-c5ccccc5)c5ccccc5n4)CC4CCC4=C3)c21. The van der Waals surface area contributed by atoms with Crippen molar-refractivity contribution in [2.75, 3.05) is 0 Å². The molecule has 2 unspecified atom stereocenters. The highest BCUT2D eigenvalue weighted by Crippen LogP contribution is 2.50. The molecule has 4 heteroatoms. The normalized spacial score (nSPS) is 20.7. The fraction of sp³-hybridized carbons (Fsp3) is 0.222. The first-order valence-corrected chi connectivity index (χ1v) is 14.7. The van der Waals surface area contributed by atoms with Crippen LogP contribution in [0.3, 0.4) is 0 Å². The molecule has 10 rings (SSSR count). The van der Waals surface area contributed by atoms with Crippen molar-refractivity contribution in [3.05, 3.63) is 100 Å². The summed E-state index contributed by atoms with van der Waals surface area (Å²) in [5, 5.41) is 3.55. The Balaban J connectivity index is 1.30. The Kier molecular flexibility index (Phi) is 4.06. The van der Waals surface area contributed by atoms with Gasteiger partial charge < -0.3 is 4.42 Å². The number of fused-ring (bicyclic) bond motifs is 10. The maximum absolute atomic E-state index is 6.79. The number of furan rings is 1. The van der Waals surface area contributed by atoms with Crippen LogP contribution in [0.1, 0.15) is 48.3 Å². The van der Waals surface area contributed by atoms with Gasteiger partial charge in [-0.2, -0.15) is 0 Å². The predicted octanol–water partition coefficient (Wildman–Crippen LogP) is 8.69. The van der Waals surface area contributed by atoms with Crippen LogP contribution in [-0.2, 0) is 12.8 Å². The molecular weight excluding hydrogens is 490 g/mol. The molecule has 2 fully saturated rings. The Morgan fingerprint density at radius 2 is 1.50 bits per heavy atom. The van der Waals surface area contributed by atoms with Crippen molar-refractivity contribution in [1.29, 1.82) is 0 Å². The second-order valence-electron chi connectivity index (χ2n) is 12.0. The summed E-state index contributed by atoms with van der Waals surface area (Å²) in [7, 11) is 0. The number of hydrogen-bond donors (Lipinski definition) is 0. The van der Waals surface area contributed by atoms with Gasteiger partial charge in [-0.1, -0.05) is 71.8 Å². The number of para-hydroxylation sites is 1. The van der Waals surface area contributed by atoms with Gasteiger partial charge in [0.05, 0.1) is 22.1 Å². The molecule has 3 heterocycles.